The standard InChI is InChI=1S/C22H21F3N6O2/c23-22(24,25)17-2-1-3-18(14-17)29-21(32)31-12-10-30(11-13-31)19-20(28-9-8-27-19)33-15-16-4-6-26-7-5-16/h1-9,14H,10-13,15H2,(H,29,32). The number of amides is 2. The van der Waals surface area contributed by atoms with Crippen LogP contribution in [0.5, 0.6) is 5.88 Å². The molecule has 0 unspecified atom stereocenters. The highest BCUT2D eigenvalue weighted by Crippen LogP contribution is 2.31. The summed E-state index contributed by atoms with van der Waals surface area (Å²) in [6.07, 6.45) is 2.01. The number of hydrogen-bond donors (Lipinski definition) is 1. The van der Waals surface area contributed by atoms with Gasteiger partial charge in [-0.05, 0) is 35.9 Å². The number of anilines is 2. The minimum absolute atomic E-state index is 0.0954. The van der Waals surface area contributed by atoms with Crippen molar-refractivity contribution in [2.24, 2.45) is 0 Å². The lowest BCUT2D eigenvalue weighted by Crippen LogP contribution is -2.50. The molecule has 0 atom stereocenters. The van der Waals surface area contributed by atoms with Gasteiger partial charge in [-0.2, -0.15) is 13.2 Å². The van der Waals surface area contributed by atoms with E-state index < -0.39 is 17.8 Å². The van der Waals surface area contributed by atoms with E-state index in [0.29, 0.717) is 44.5 Å². The lowest BCUT2D eigenvalue weighted by molar-refractivity contribution is -0.137. The minimum atomic E-state index is -4.47. The number of benzene rings is 1. The number of rotatable bonds is 5. The smallest absolute Gasteiger partial charge is 0.416 e. The second-order valence-corrected chi connectivity index (χ2v) is 7.31. The molecule has 1 aliphatic heterocycles. The van der Waals surface area contributed by atoms with Crippen LogP contribution in [-0.2, 0) is 12.8 Å². The van der Waals surface area contributed by atoms with E-state index in [2.05, 4.69) is 20.3 Å². The van der Waals surface area contributed by atoms with Crippen molar-refractivity contribution in [3.8, 4) is 5.88 Å². The third-order valence-corrected chi connectivity index (χ3v) is 5.08. The van der Waals surface area contributed by atoms with Crippen molar-refractivity contribution in [1.29, 1.82) is 0 Å². The molecule has 172 valence electrons. The van der Waals surface area contributed by atoms with Crippen LogP contribution in [0, 0.1) is 0 Å². The fraction of sp³-hybridized carbons (Fsp3) is 0.273. The lowest BCUT2D eigenvalue weighted by atomic mass is 10.2. The van der Waals surface area contributed by atoms with Crippen LogP contribution in [0.25, 0.3) is 0 Å². The molecule has 8 nitrogen and oxygen atoms in total. The molecule has 3 aromatic rings. The Morgan fingerprint density at radius 3 is 2.45 bits per heavy atom. The first-order valence-electron chi connectivity index (χ1n) is 10.2. The molecule has 11 heteroatoms. The molecule has 0 spiro atoms. The molecule has 1 N–H and O–H groups in total. The second kappa shape index (κ2) is 9.72. The number of alkyl halides is 3. The van der Waals surface area contributed by atoms with Gasteiger partial charge in [-0.3, -0.25) is 4.98 Å². The van der Waals surface area contributed by atoms with E-state index in [1.165, 1.54) is 12.1 Å². The van der Waals surface area contributed by atoms with Gasteiger partial charge >= 0.3 is 12.2 Å². The van der Waals surface area contributed by atoms with Crippen LogP contribution in [0.2, 0.25) is 0 Å². The van der Waals surface area contributed by atoms with E-state index in [4.69, 9.17) is 4.74 Å². The zero-order valence-electron chi connectivity index (χ0n) is 17.5. The Labute approximate surface area is 188 Å². The number of nitrogens with zero attached hydrogens (tertiary/aromatic N) is 5. The van der Waals surface area contributed by atoms with Crippen LogP contribution >= 0.6 is 0 Å². The van der Waals surface area contributed by atoms with Crippen molar-refractivity contribution in [2.75, 3.05) is 36.4 Å². The molecule has 0 radical (unpaired) electrons. The van der Waals surface area contributed by atoms with Gasteiger partial charge in [-0.1, -0.05) is 6.07 Å². The van der Waals surface area contributed by atoms with E-state index in [1.54, 1.807) is 29.7 Å². The number of pyridine rings is 1. The fourth-order valence-electron chi connectivity index (χ4n) is 3.36. The average molecular weight is 458 g/mol. The molecule has 0 bridgehead atoms. The van der Waals surface area contributed by atoms with E-state index >= 15 is 0 Å². The predicted octanol–water partition coefficient (Wildman–Crippen LogP) is 3.82. The van der Waals surface area contributed by atoms with Gasteiger partial charge in [-0.15, -0.1) is 0 Å². The maximum atomic E-state index is 12.9. The molecule has 1 aliphatic rings. The largest absolute Gasteiger partial charge is 0.470 e. The van der Waals surface area contributed by atoms with Gasteiger partial charge in [0.05, 0.1) is 5.56 Å². The highest BCUT2D eigenvalue weighted by molar-refractivity contribution is 5.89. The number of piperazine rings is 1. The maximum Gasteiger partial charge on any atom is 0.416 e. The van der Waals surface area contributed by atoms with Gasteiger partial charge < -0.3 is 19.9 Å². The first-order chi connectivity index (χ1) is 15.9. The lowest BCUT2D eigenvalue weighted by Gasteiger charge is -2.35. The molecule has 0 aliphatic carbocycles. The van der Waals surface area contributed by atoms with Gasteiger partial charge in [-0.25, -0.2) is 14.8 Å². The zero-order chi connectivity index (χ0) is 23.3. The topological polar surface area (TPSA) is 83.5 Å². The summed E-state index contributed by atoms with van der Waals surface area (Å²) < 4.78 is 44.5. The Kier molecular flexibility index (Phi) is 6.57. The Morgan fingerprint density at radius 1 is 1.00 bits per heavy atom. The van der Waals surface area contributed by atoms with Crippen LogP contribution in [-0.4, -0.2) is 52.1 Å². The number of ether oxygens (including phenoxy) is 1. The van der Waals surface area contributed by atoms with Crippen LogP contribution in [0.1, 0.15) is 11.1 Å². The van der Waals surface area contributed by atoms with Gasteiger partial charge in [0.15, 0.2) is 5.82 Å². The number of aromatic nitrogens is 3. The summed E-state index contributed by atoms with van der Waals surface area (Å²) in [7, 11) is 0. The van der Waals surface area contributed by atoms with Gasteiger partial charge in [0.1, 0.15) is 6.61 Å². The summed E-state index contributed by atoms with van der Waals surface area (Å²) in [6, 6.07) is 7.80. The molecule has 1 fully saturated rings. The molecule has 33 heavy (non-hydrogen) atoms. The molecule has 4 rings (SSSR count). The van der Waals surface area contributed by atoms with Crippen LogP contribution < -0.4 is 15.0 Å². The highest BCUT2D eigenvalue weighted by Gasteiger charge is 2.31. The molecule has 1 saturated heterocycles. The summed E-state index contributed by atoms with van der Waals surface area (Å²) in [5.74, 6) is 0.959. The van der Waals surface area contributed by atoms with Crippen molar-refractivity contribution in [3.63, 3.8) is 0 Å². The van der Waals surface area contributed by atoms with Crippen molar-refractivity contribution in [1.82, 2.24) is 19.9 Å². The molecule has 2 amide bonds. The van der Waals surface area contributed by atoms with Crippen molar-refractivity contribution in [2.45, 2.75) is 12.8 Å². The monoisotopic (exact) mass is 458 g/mol. The molecule has 0 saturated carbocycles. The van der Waals surface area contributed by atoms with E-state index in [0.717, 1.165) is 17.7 Å². The highest BCUT2D eigenvalue weighted by atomic mass is 19.4. The summed E-state index contributed by atoms with van der Waals surface area (Å²) in [4.78, 5) is 28.7. The number of carbonyl (C=O) groups is 1. The maximum absolute atomic E-state index is 12.9. The summed E-state index contributed by atoms with van der Waals surface area (Å²) in [6.45, 7) is 1.99. The van der Waals surface area contributed by atoms with Crippen molar-refractivity contribution in [3.05, 3.63) is 72.3 Å². The Balaban J connectivity index is 1.35. The fourth-order valence-corrected chi connectivity index (χ4v) is 3.36. The van der Waals surface area contributed by atoms with Crippen molar-refractivity contribution < 1.29 is 22.7 Å². The van der Waals surface area contributed by atoms with Gasteiger partial charge in [0.2, 0.25) is 0 Å². The first-order valence-corrected chi connectivity index (χ1v) is 10.2. The molecule has 2 aromatic heterocycles. The Morgan fingerprint density at radius 2 is 1.73 bits per heavy atom. The van der Waals surface area contributed by atoms with Gasteiger partial charge in [0, 0.05) is 56.7 Å². The zero-order valence-corrected chi connectivity index (χ0v) is 17.5. The van der Waals surface area contributed by atoms with Crippen LogP contribution in [0.3, 0.4) is 0 Å². The van der Waals surface area contributed by atoms with Crippen molar-refractivity contribution >= 4 is 17.5 Å². The number of carbonyl (C=O) groups excluding carboxylic acids is 1. The van der Waals surface area contributed by atoms with E-state index in [9.17, 15) is 18.0 Å². The normalized spacial score (nSPS) is 14.2. The summed E-state index contributed by atoms with van der Waals surface area (Å²) >= 11 is 0. The van der Waals surface area contributed by atoms with Crippen LogP contribution in [0.4, 0.5) is 29.5 Å². The number of urea groups is 1. The molecule has 1 aromatic carbocycles. The Hall–Kier alpha value is -3.89. The average Bonchev–Trinajstić information content (AvgIpc) is 2.83. The minimum Gasteiger partial charge on any atom is -0.470 e. The van der Waals surface area contributed by atoms with E-state index in [-0.39, 0.29) is 5.69 Å². The third-order valence-electron chi connectivity index (χ3n) is 5.08. The number of nitrogens with one attached hydrogen (secondary N) is 1. The predicted molar refractivity (Wildman–Crippen MR) is 115 cm³/mol. The first kappa shape index (κ1) is 22.3. The second-order valence-electron chi connectivity index (χ2n) is 7.31. The molecule has 3 heterocycles. The number of hydrogen-bond acceptors (Lipinski definition) is 6. The molecular weight excluding hydrogens is 437 g/mol. The van der Waals surface area contributed by atoms with Gasteiger partial charge in [0.25, 0.3) is 5.88 Å². The molecular formula is C22H21F3N6O2. The SMILES string of the molecule is O=C(Nc1cccc(C(F)(F)F)c1)N1CCN(c2nccnc2OCc2ccncc2)CC1. The van der Waals surface area contributed by atoms with E-state index in [1.807, 2.05) is 17.0 Å². The Bertz CT molecular complexity index is 1090. The quantitative estimate of drug-likeness (QED) is 0.626. The number of halogens is 3. The summed E-state index contributed by atoms with van der Waals surface area (Å²) in [5.41, 5.74) is 0.225. The van der Waals surface area contributed by atoms with Crippen LogP contribution in [0.15, 0.2) is 61.2 Å². The summed E-state index contributed by atoms with van der Waals surface area (Å²) in [5, 5.41) is 2.54. The third kappa shape index (κ3) is 5.68.